The Balaban J connectivity index is 0.00000243. The summed E-state index contributed by atoms with van der Waals surface area (Å²) in [6.45, 7) is 7.99. The summed E-state index contributed by atoms with van der Waals surface area (Å²) in [6.07, 6.45) is 4.55. The van der Waals surface area contributed by atoms with Crippen LogP contribution in [0.4, 0.5) is 5.69 Å². The van der Waals surface area contributed by atoms with Crippen LogP contribution in [0.1, 0.15) is 32.6 Å². The van der Waals surface area contributed by atoms with Gasteiger partial charge in [0.25, 0.3) is 0 Å². The molecule has 1 aromatic rings. The van der Waals surface area contributed by atoms with Crippen molar-refractivity contribution in [1.82, 2.24) is 4.90 Å². The predicted octanol–water partition coefficient (Wildman–Crippen LogP) is 3.31. The molecule has 0 bridgehead atoms. The highest BCUT2D eigenvalue weighted by atomic mass is 127. The van der Waals surface area contributed by atoms with E-state index in [4.69, 9.17) is 15.2 Å². The number of rotatable bonds is 5. The minimum absolute atomic E-state index is 0. The first kappa shape index (κ1) is 21.1. The van der Waals surface area contributed by atoms with Gasteiger partial charge in [-0.3, -0.25) is 4.99 Å². The first-order valence-electron chi connectivity index (χ1n) is 9.43. The van der Waals surface area contributed by atoms with E-state index in [1.54, 1.807) is 0 Å². The number of nitrogens with zero attached hydrogens (tertiary/aromatic N) is 2. The van der Waals surface area contributed by atoms with Crippen LogP contribution in [0, 0.1) is 5.92 Å². The molecule has 0 spiro atoms. The molecule has 0 unspecified atom stereocenters. The van der Waals surface area contributed by atoms with E-state index in [1.807, 2.05) is 18.2 Å². The highest BCUT2D eigenvalue weighted by Crippen LogP contribution is 2.32. The number of hydrogen-bond donors (Lipinski definition) is 2. The Morgan fingerprint density at radius 1 is 1.23 bits per heavy atom. The van der Waals surface area contributed by atoms with Crippen molar-refractivity contribution >= 4 is 35.6 Å². The number of guanidine groups is 1. The van der Waals surface area contributed by atoms with E-state index in [1.165, 1.54) is 38.9 Å². The lowest BCUT2D eigenvalue weighted by molar-refractivity contribution is 0.188. The van der Waals surface area contributed by atoms with Crippen molar-refractivity contribution in [3.05, 3.63) is 18.2 Å². The van der Waals surface area contributed by atoms with Crippen molar-refractivity contribution in [2.24, 2.45) is 16.6 Å². The molecule has 3 rings (SSSR count). The van der Waals surface area contributed by atoms with Crippen molar-refractivity contribution in [2.75, 3.05) is 44.7 Å². The summed E-state index contributed by atoms with van der Waals surface area (Å²) in [6, 6.07) is 5.78. The van der Waals surface area contributed by atoms with Crippen LogP contribution < -0.4 is 20.5 Å². The van der Waals surface area contributed by atoms with Crippen molar-refractivity contribution in [3.63, 3.8) is 0 Å². The van der Waals surface area contributed by atoms with E-state index in [0.29, 0.717) is 25.1 Å². The van der Waals surface area contributed by atoms with Crippen molar-refractivity contribution < 1.29 is 9.47 Å². The van der Waals surface area contributed by atoms with E-state index in [9.17, 15) is 0 Å². The molecule has 2 aliphatic rings. The minimum atomic E-state index is 0. The average Bonchev–Trinajstić information content (AvgIpc) is 2.86. The summed E-state index contributed by atoms with van der Waals surface area (Å²) in [4.78, 5) is 7.08. The van der Waals surface area contributed by atoms with Gasteiger partial charge in [0.1, 0.15) is 0 Å². The summed E-state index contributed by atoms with van der Waals surface area (Å²) in [5, 5.41) is 3.16. The Morgan fingerprint density at radius 2 is 1.96 bits per heavy atom. The van der Waals surface area contributed by atoms with Gasteiger partial charge in [0, 0.05) is 24.7 Å². The van der Waals surface area contributed by atoms with Gasteiger partial charge in [-0.2, -0.15) is 0 Å². The molecule has 7 heteroatoms. The van der Waals surface area contributed by atoms with Gasteiger partial charge in [-0.25, -0.2) is 0 Å². The normalized spacial score (nSPS) is 18.7. The lowest BCUT2D eigenvalue weighted by atomic mass is 9.97. The fourth-order valence-electron chi connectivity index (χ4n) is 3.36. The molecular weight excluding hydrogens is 443 g/mol. The summed E-state index contributed by atoms with van der Waals surface area (Å²) in [5.41, 5.74) is 6.94. The van der Waals surface area contributed by atoms with Crippen LogP contribution in [-0.2, 0) is 0 Å². The van der Waals surface area contributed by atoms with E-state index in [-0.39, 0.29) is 24.0 Å². The number of piperidine rings is 1. The van der Waals surface area contributed by atoms with Gasteiger partial charge in [-0.1, -0.05) is 6.92 Å². The average molecular weight is 474 g/mol. The van der Waals surface area contributed by atoms with Gasteiger partial charge in [0.15, 0.2) is 17.5 Å². The number of hydrogen-bond acceptors (Lipinski definition) is 4. The van der Waals surface area contributed by atoms with E-state index >= 15 is 0 Å². The van der Waals surface area contributed by atoms with Crippen molar-refractivity contribution in [1.29, 1.82) is 0 Å². The monoisotopic (exact) mass is 474 g/mol. The second kappa shape index (κ2) is 10.8. The number of nitrogens with one attached hydrogen (secondary N) is 1. The number of fused-ring (bicyclic) bond motifs is 1. The third kappa shape index (κ3) is 6.19. The number of anilines is 1. The maximum absolute atomic E-state index is 6.06. The molecule has 0 radical (unpaired) electrons. The molecule has 0 atom stereocenters. The number of ether oxygens (including phenoxy) is 2. The second-order valence-electron chi connectivity index (χ2n) is 6.85. The molecular formula is C19H31IN4O2. The van der Waals surface area contributed by atoms with Crippen LogP contribution >= 0.6 is 24.0 Å². The van der Waals surface area contributed by atoms with Gasteiger partial charge in [-0.15, -0.1) is 24.0 Å². The zero-order valence-electron chi connectivity index (χ0n) is 15.6. The molecule has 146 valence electrons. The molecule has 6 nitrogen and oxygen atoms in total. The summed E-state index contributed by atoms with van der Waals surface area (Å²) < 4.78 is 11.3. The van der Waals surface area contributed by atoms with Gasteiger partial charge in [-0.05, 0) is 56.9 Å². The van der Waals surface area contributed by atoms with Crippen LogP contribution in [0.15, 0.2) is 23.2 Å². The Labute approximate surface area is 173 Å². The Hall–Kier alpha value is -1.22. The molecule has 0 aliphatic carbocycles. The zero-order chi connectivity index (χ0) is 17.5. The number of benzene rings is 1. The van der Waals surface area contributed by atoms with Crippen LogP contribution in [-0.4, -0.2) is 50.3 Å². The Kier molecular flexibility index (Phi) is 8.77. The molecule has 1 fully saturated rings. The highest BCUT2D eigenvalue weighted by molar-refractivity contribution is 14.0. The largest absolute Gasteiger partial charge is 0.490 e. The lowest BCUT2D eigenvalue weighted by Gasteiger charge is -2.30. The van der Waals surface area contributed by atoms with Crippen LogP contribution in [0.25, 0.3) is 0 Å². The fraction of sp³-hybridized carbons (Fsp3) is 0.632. The van der Waals surface area contributed by atoms with E-state index < -0.39 is 0 Å². The number of halogens is 1. The van der Waals surface area contributed by atoms with Crippen LogP contribution in [0.5, 0.6) is 11.5 Å². The van der Waals surface area contributed by atoms with Gasteiger partial charge < -0.3 is 25.4 Å². The number of likely N-dealkylation sites (tertiary alicyclic amines) is 1. The Bertz CT molecular complexity index is 589. The molecule has 26 heavy (non-hydrogen) atoms. The number of aliphatic imine (C=N–C) groups is 1. The molecule has 0 amide bonds. The molecule has 1 aromatic carbocycles. The third-order valence-corrected chi connectivity index (χ3v) is 4.79. The van der Waals surface area contributed by atoms with Crippen LogP contribution in [0.2, 0.25) is 0 Å². The minimum Gasteiger partial charge on any atom is -0.490 e. The quantitative estimate of drug-likeness (QED) is 0.389. The smallest absolute Gasteiger partial charge is 0.193 e. The topological polar surface area (TPSA) is 72.1 Å². The molecule has 0 saturated carbocycles. The lowest BCUT2D eigenvalue weighted by Crippen LogP contribution is -2.35. The Morgan fingerprint density at radius 3 is 2.69 bits per heavy atom. The van der Waals surface area contributed by atoms with E-state index in [2.05, 4.69) is 22.1 Å². The van der Waals surface area contributed by atoms with Crippen molar-refractivity contribution in [3.8, 4) is 11.5 Å². The summed E-state index contributed by atoms with van der Waals surface area (Å²) in [7, 11) is 0. The second-order valence-corrected chi connectivity index (χ2v) is 6.85. The molecule has 2 aliphatic heterocycles. The van der Waals surface area contributed by atoms with Gasteiger partial charge >= 0.3 is 0 Å². The SMILES string of the molecule is CCCN1CCC(CN=C(N)Nc2ccc3c(c2)OCCCO3)CC1.I. The first-order chi connectivity index (χ1) is 12.2. The van der Waals surface area contributed by atoms with E-state index in [0.717, 1.165) is 30.2 Å². The predicted molar refractivity (Wildman–Crippen MR) is 117 cm³/mol. The van der Waals surface area contributed by atoms with Gasteiger partial charge in [0.2, 0.25) is 0 Å². The first-order valence-corrected chi connectivity index (χ1v) is 9.43. The molecule has 3 N–H and O–H groups in total. The molecule has 2 heterocycles. The molecule has 1 saturated heterocycles. The third-order valence-electron chi connectivity index (χ3n) is 4.79. The number of nitrogens with two attached hydrogens (primary N) is 1. The summed E-state index contributed by atoms with van der Waals surface area (Å²) >= 11 is 0. The van der Waals surface area contributed by atoms with Crippen molar-refractivity contribution in [2.45, 2.75) is 32.6 Å². The maximum Gasteiger partial charge on any atom is 0.193 e. The maximum atomic E-state index is 6.06. The highest BCUT2D eigenvalue weighted by Gasteiger charge is 2.18. The molecule has 0 aromatic heterocycles. The fourth-order valence-corrected chi connectivity index (χ4v) is 3.36. The summed E-state index contributed by atoms with van der Waals surface area (Å²) in [5.74, 6) is 2.65. The van der Waals surface area contributed by atoms with Crippen LogP contribution in [0.3, 0.4) is 0 Å². The standard InChI is InChI=1S/C19H30N4O2.HI/c1-2-8-23-9-6-15(7-10-23)14-21-19(20)22-16-4-5-17-18(13-16)25-12-3-11-24-17;/h4-5,13,15H,2-3,6-12,14H2,1H3,(H3,20,21,22);1H. The zero-order valence-corrected chi connectivity index (χ0v) is 17.9. The van der Waals surface area contributed by atoms with Gasteiger partial charge in [0.05, 0.1) is 13.2 Å².